The van der Waals surface area contributed by atoms with Crippen molar-refractivity contribution in [3.63, 3.8) is 0 Å². The highest BCUT2D eigenvalue weighted by Crippen LogP contribution is 2.29. The molecule has 18 heavy (non-hydrogen) atoms. The molecule has 0 amide bonds. The number of rotatable bonds is 4. The molecule has 0 spiro atoms. The van der Waals surface area contributed by atoms with Crippen LogP contribution in [0.4, 0.5) is 0 Å². The Morgan fingerprint density at radius 3 is 2.78 bits per heavy atom. The molecule has 4 nitrogen and oxygen atoms in total. The second-order valence-corrected chi connectivity index (χ2v) is 5.00. The van der Waals surface area contributed by atoms with Crippen LogP contribution in [-0.4, -0.2) is 9.78 Å². The molecule has 1 aromatic heterocycles. The molecular formula is C13H17BrN4. The molecule has 96 valence electrons. The van der Waals surface area contributed by atoms with E-state index in [2.05, 4.69) is 52.4 Å². The van der Waals surface area contributed by atoms with Crippen molar-refractivity contribution >= 4 is 15.9 Å². The highest BCUT2D eigenvalue weighted by molar-refractivity contribution is 9.10. The smallest absolute Gasteiger partial charge is 0.0892 e. The lowest BCUT2D eigenvalue weighted by atomic mass is 9.99. The molecule has 1 atom stereocenters. The topological polar surface area (TPSA) is 55.9 Å². The number of hydrazine groups is 1. The molecule has 1 unspecified atom stereocenters. The minimum Gasteiger partial charge on any atom is -0.271 e. The third kappa shape index (κ3) is 2.34. The summed E-state index contributed by atoms with van der Waals surface area (Å²) in [5.41, 5.74) is 6.30. The Labute approximate surface area is 115 Å². The molecule has 1 heterocycles. The van der Waals surface area contributed by atoms with Crippen LogP contribution in [0.2, 0.25) is 0 Å². The summed E-state index contributed by atoms with van der Waals surface area (Å²) in [6.07, 6.45) is 1.81. The van der Waals surface area contributed by atoms with Gasteiger partial charge in [-0.1, -0.05) is 24.3 Å². The van der Waals surface area contributed by atoms with Gasteiger partial charge in [-0.15, -0.1) is 0 Å². The number of aromatic nitrogens is 2. The number of nitrogens with zero attached hydrogens (tertiary/aromatic N) is 2. The average Bonchev–Trinajstić information content (AvgIpc) is 2.74. The number of hydrogen-bond donors (Lipinski definition) is 2. The van der Waals surface area contributed by atoms with E-state index in [9.17, 15) is 0 Å². The molecule has 0 saturated heterocycles. The average molecular weight is 309 g/mol. The fourth-order valence-corrected chi connectivity index (χ4v) is 2.66. The van der Waals surface area contributed by atoms with Crippen LogP contribution in [0.1, 0.15) is 29.8 Å². The molecular weight excluding hydrogens is 292 g/mol. The van der Waals surface area contributed by atoms with Crippen molar-refractivity contribution in [2.45, 2.75) is 26.4 Å². The summed E-state index contributed by atoms with van der Waals surface area (Å²) in [4.78, 5) is 0. The Bertz CT molecular complexity index is 536. The Morgan fingerprint density at radius 1 is 1.44 bits per heavy atom. The van der Waals surface area contributed by atoms with Crippen molar-refractivity contribution in [2.24, 2.45) is 5.84 Å². The van der Waals surface area contributed by atoms with Crippen LogP contribution < -0.4 is 11.3 Å². The van der Waals surface area contributed by atoms with Gasteiger partial charge in [0, 0.05) is 6.54 Å². The minimum absolute atomic E-state index is 0.0666. The quantitative estimate of drug-likeness (QED) is 0.674. The van der Waals surface area contributed by atoms with Gasteiger partial charge in [-0.2, -0.15) is 5.10 Å². The molecule has 2 rings (SSSR count). The predicted octanol–water partition coefficient (Wildman–Crippen LogP) is 2.53. The lowest BCUT2D eigenvalue weighted by Crippen LogP contribution is -2.31. The summed E-state index contributed by atoms with van der Waals surface area (Å²) >= 11 is 3.54. The third-order valence-corrected chi connectivity index (χ3v) is 3.68. The maximum Gasteiger partial charge on any atom is 0.0892 e. The summed E-state index contributed by atoms with van der Waals surface area (Å²) in [6, 6.07) is 8.15. The van der Waals surface area contributed by atoms with E-state index < -0.39 is 0 Å². The van der Waals surface area contributed by atoms with Gasteiger partial charge in [0.2, 0.25) is 0 Å². The van der Waals surface area contributed by atoms with E-state index in [-0.39, 0.29) is 6.04 Å². The maximum atomic E-state index is 5.75. The van der Waals surface area contributed by atoms with Crippen LogP contribution in [0.15, 0.2) is 34.9 Å². The summed E-state index contributed by atoms with van der Waals surface area (Å²) < 4.78 is 2.91. The molecule has 0 aliphatic carbocycles. The number of aryl methyl sites for hydroxylation is 2. The normalized spacial score (nSPS) is 12.7. The molecule has 0 radical (unpaired) electrons. The molecule has 5 heteroatoms. The van der Waals surface area contributed by atoms with Crippen molar-refractivity contribution in [1.82, 2.24) is 15.2 Å². The van der Waals surface area contributed by atoms with Crippen molar-refractivity contribution in [3.8, 4) is 0 Å². The molecule has 0 aliphatic rings. The fraction of sp³-hybridized carbons (Fsp3) is 0.308. The zero-order valence-electron chi connectivity index (χ0n) is 10.5. The maximum absolute atomic E-state index is 5.75. The van der Waals surface area contributed by atoms with Crippen molar-refractivity contribution in [2.75, 3.05) is 0 Å². The highest BCUT2D eigenvalue weighted by Gasteiger charge is 2.21. The van der Waals surface area contributed by atoms with Gasteiger partial charge in [0.1, 0.15) is 0 Å². The van der Waals surface area contributed by atoms with Gasteiger partial charge in [-0.05, 0) is 40.9 Å². The van der Waals surface area contributed by atoms with Crippen molar-refractivity contribution < 1.29 is 0 Å². The zero-order valence-corrected chi connectivity index (χ0v) is 12.1. The Kier molecular flexibility index (Phi) is 4.16. The molecule has 3 N–H and O–H groups in total. The Morgan fingerprint density at radius 2 is 2.17 bits per heavy atom. The SMILES string of the molecule is CCn1ncc(Br)c1C(NN)c1ccccc1C. The first-order chi connectivity index (χ1) is 8.69. The van der Waals surface area contributed by atoms with Crippen LogP contribution in [0.25, 0.3) is 0 Å². The highest BCUT2D eigenvalue weighted by atomic mass is 79.9. The second kappa shape index (κ2) is 5.65. The minimum atomic E-state index is -0.0666. The number of halogens is 1. The molecule has 0 bridgehead atoms. The van der Waals surface area contributed by atoms with Crippen LogP contribution >= 0.6 is 15.9 Å². The van der Waals surface area contributed by atoms with E-state index in [1.165, 1.54) is 5.56 Å². The standard InChI is InChI=1S/C13H17BrN4/c1-3-18-13(11(14)8-16-18)12(17-15)10-7-5-4-6-9(10)2/h4-8,12,17H,3,15H2,1-2H3. The molecule has 1 aromatic carbocycles. The molecule has 0 fully saturated rings. The van der Waals surface area contributed by atoms with Gasteiger partial charge in [0.25, 0.3) is 0 Å². The lowest BCUT2D eigenvalue weighted by Gasteiger charge is -2.20. The van der Waals surface area contributed by atoms with Gasteiger partial charge in [0.15, 0.2) is 0 Å². The predicted molar refractivity (Wildman–Crippen MR) is 75.9 cm³/mol. The summed E-state index contributed by atoms with van der Waals surface area (Å²) in [7, 11) is 0. The summed E-state index contributed by atoms with van der Waals surface area (Å²) in [6.45, 7) is 4.96. The van der Waals surface area contributed by atoms with Gasteiger partial charge in [-0.25, -0.2) is 5.43 Å². The van der Waals surface area contributed by atoms with E-state index in [0.717, 1.165) is 22.3 Å². The van der Waals surface area contributed by atoms with Gasteiger partial charge in [0.05, 0.1) is 22.4 Å². The fourth-order valence-electron chi connectivity index (χ4n) is 2.14. The van der Waals surface area contributed by atoms with E-state index in [1.807, 2.05) is 16.8 Å². The summed E-state index contributed by atoms with van der Waals surface area (Å²) in [5, 5.41) is 4.33. The Hall–Kier alpha value is -1.17. The number of nitrogens with two attached hydrogens (primary N) is 1. The van der Waals surface area contributed by atoms with E-state index in [0.29, 0.717) is 0 Å². The lowest BCUT2D eigenvalue weighted by molar-refractivity contribution is 0.540. The van der Waals surface area contributed by atoms with Gasteiger partial charge in [-0.3, -0.25) is 10.5 Å². The van der Waals surface area contributed by atoms with Crippen LogP contribution in [0.3, 0.4) is 0 Å². The van der Waals surface area contributed by atoms with Gasteiger partial charge < -0.3 is 0 Å². The first kappa shape index (κ1) is 13.3. The van der Waals surface area contributed by atoms with E-state index in [4.69, 9.17) is 5.84 Å². The van der Waals surface area contributed by atoms with Crippen LogP contribution in [0.5, 0.6) is 0 Å². The second-order valence-electron chi connectivity index (χ2n) is 4.15. The molecule has 0 saturated carbocycles. The summed E-state index contributed by atoms with van der Waals surface area (Å²) in [5.74, 6) is 5.75. The van der Waals surface area contributed by atoms with E-state index in [1.54, 1.807) is 6.20 Å². The van der Waals surface area contributed by atoms with Crippen molar-refractivity contribution in [1.29, 1.82) is 0 Å². The van der Waals surface area contributed by atoms with Crippen LogP contribution in [-0.2, 0) is 6.54 Å². The molecule has 2 aromatic rings. The third-order valence-electron chi connectivity index (χ3n) is 3.07. The number of hydrogen-bond acceptors (Lipinski definition) is 3. The van der Waals surface area contributed by atoms with Crippen molar-refractivity contribution in [3.05, 3.63) is 51.8 Å². The molecule has 0 aliphatic heterocycles. The first-order valence-corrected chi connectivity index (χ1v) is 6.71. The first-order valence-electron chi connectivity index (χ1n) is 5.91. The largest absolute Gasteiger partial charge is 0.271 e. The number of nitrogens with one attached hydrogen (secondary N) is 1. The monoisotopic (exact) mass is 308 g/mol. The zero-order chi connectivity index (χ0) is 13.1. The number of benzene rings is 1. The van der Waals surface area contributed by atoms with E-state index >= 15 is 0 Å². The van der Waals surface area contributed by atoms with Crippen LogP contribution in [0, 0.1) is 6.92 Å². The van der Waals surface area contributed by atoms with Gasteiger partial charge >= 0.3 is 0 Å². The Balaban J connectivity index is 2.52.